The number of carbonyl (C=O) groups is 2. The van der Waals surface area contributed by atoms with Crippen molar-refractivity contribution >= 4 is 11.9 Å². The van der Waals surface area contributed by atoms with Gasteiger partial charge in [-0.2, -0.15) is 0 Å². The molecule has 164 valence electrons. The zero-order valence-electron chi connectivity index (χ0n) is 18.0. The van der Waals surface area contributed by atoms with Crippen LogP contribution in [0.4, 0.5) is 0 Å². The number of unbranched alkanes of at least 4 members (excludes halogenated alkanes) is 1. The number of esters is 1. The normalized spacial score (nSPS) is 13.2. The van der Waals surface area contributed by atoms with Crippen molar-refractivity contribution in [2.24, 2.45) is 5.73 Å². The third-order valence-electron chi connectivity index (χ3n) is 5.87. The van der Waals surface area contributed by atoms with Crippen LogP contribution in [-0.4, -0.2) is 24.5 Å². The van der Waals surface area contributed by atoms with Crippen LogP contribution in [0, 0.1) is 0 Å². The molecule has 0 heterocycles. The highest BCUT2D eigenvalue weighted by Gasteiger charge is 2.35. The first kappa shape index (κ1) is 21.8. The molecule has 5 heteroatoms. The molecule has 1 atom stereocenters. The highest BCUT2D eigenvalue weighted by molar-refractivity contribution is 5.97. The van der Waals surface area contributed by atoms with Crippen molar-refractivity contribution in [2.75, 3.05) is 6.54 Å². The van der Waals surface area contributed by atoms with Gasteiger partial charge in [-0.15, -0.1) is 0 Å². The average Bonchev–Trinajstić information content (AvgIpc) is 3.17. The number of fused-ring (bicyclic) bond motifs is 3. The number of benzene rings is 3. The topological polar surface area (TPSA) is 81.4 Å². The number of ether oxygens (including phenoxy) is 1. The van der Waals surface area contributed by atoms with Crippen molar-refractivity contribution in [3.63, 3.8) is 0 Å². The number of nitrogens with one attached hydrogen (secondary N) is 1. The molecule has 1 aliphatic rings. The van der Waals surface area contributed by atoms with Crippen molar-refractivity contribution in [3.8, 4) is 11.1 Å². The van der Waals surface area contributed by atoms with Crippen molar-refractivity contribution < 1.29 is 14.3 Å². The van der Waals surface area contributed by atoms with E-state index in [1.807, 2.05) is 78.9 Å². The molecule has 32 heavy (non-hydrogen) atoms. The molecule has 1 amide bonds. The molecule has 3 N–H and O–H groups in total. The second-order valence-electron chi connectivity index (χ2n) is 8.05. The van der Waals surface area contributed by atoms with E-state index in [0.29, 0.717) is 13.0 Å². The Kier molecular flexibility index (Phi) is 6.97. The lowest BCUT2D eigenvalue weighted by Gasteiger charge is -2.21. The van der Waals surface area contributed by atoms with Gasteiger partial charge in [0, 0.05) is 0 Å². The molecular weight excluding hydrogens is 400 g/mol. The SMILES string of the molecule is NCCCCC(NC(=O)C1c2ccccc2-c2ccccc21)C(=O)OCc1ccccc1. The lowest BCUT2D eigenvalue weighted by molar-refractivity contribution is -0.149. The molecule has 1 unspecified atom stereocenters. The quantitative estimate of drug-likeness (QED) is 0.396. The van der Waals surface area contributed by atoms with Gasteiger partial charge in [0.15, 0.2) is 0 Å². The van der Waals surface area contributed by atoms with Gasteiger partial charge in [-0.1, -0.05) is 78.9 Å². The Morgan fingerprint density at radius 2 is 1.44 bits per heavy atom. The van der Waals surface area contributed by atoms with Crippen molar-refractivity contribution in [2.45, 2.75) is 37.8 Å². The maximum absolute atomic E-state index is 13.4. The second kappa shape index (κ2) is 10.2. The zero-order chi connectivity index (χ0) is 22.3. The van der Waals surface area contributed by atoms with Gasteiger partial charge in [-0.05, 0) is 53.6 Å². The smallest absolute Gasteiger partial charge is 0.328 e. The highest BCUT2D eigenvalue weighted by Crippen LogP contribution is 2.44. The van der Waals surface area contributed by atoms with E-state index in [9.17, 15) is 9.59 Å². The first-order chi connectivity index (χ1) is 15.7. The van der Waals surface area contributed by atoms with Crippen LogP contribution < -0.4 is 11.1 Å². The molecule has 3 aromatic carbocycles. The summed E-state index contributed by atoms with van der Waals surface area (Å²) in [6.07, 6.45) is 2.01. The Morgan fingerprint density at radius 3 is 2.06 bits per heavy atom. The van der Waals surface area contributed by atoms with E-state index in [0.717, 1.165) is 40.7 Å². The summed E-state index contributed by atoms with van der Waals surface area (Å²) >= 11 is 0. The first-order valence-corrected chi connectivity index (χ1v) is 11.1. The zero-order valence-corrected chi connectivity index (χ0v) is 18.0. The summed E-state index contributed by atoms with van der Waals surface area (Å²) in [6.45, 7) is 0.723. The van der Waals surface area contributed by atoms with Gasteiger partial charge in [0.25, 0.3) is 0 Å². The summed E-state index contributed by atoms with van der Waals surface area (Å²) in [5.41, 5.74) is 10.6. The van der Waals surface area contributed by atoms with Crippen LogP contribution in [0.25, 0.3) is 11.1 Å². The number of hydrogen-bond donors (Lipinski definition) is 2. The van der Waals surface area contributed by atoms with E-state index in [2.05, 4.69) is 5.32 Å². The lowest BCUT2D eigenvalue weighted by Crippen LogP contribution is -2.44. The van der Waals surface area contributed by atoms with Gasteiger partial charge in [-0.3, -0.25) is 4.79 Å². The minimum absolute atomic E-state index is 0.179. The molecule has 0 saturated carbocycles. The van der Waals surface area contributed by atoms with Gasteiger partial charge in [-0.25, -0.2) is 4.79 Å². The molecule has 4 rings (SSSR count). The van der Waals surface area contributed by atoms with Gasteiger partial charge >= 0.3 is 5.97 Å². The fourth-order valence-electron chi connectivity index (χ4n) is 4.26. The van der Waals surface area contributed by atoms with Crippen LogP contribution in [0.5, 0.6) is 0 Å². The summed E-state index contributed by atoms with van der Waals surface area (Å²) in [4.78, 5) is 26.3. The maximum atomic E-state index is 13.4. The lowest BCUT2D eigenvalue weighted by atomic mass is 9.95. The molecule has 0 aliphatic heterocycles. The van der Waals surface area contributed by atoms with Crippen molar-refractivity contribution in [3.05, 3.63) is 95.6 Å². The molecule has 0 spiro atoms. The van der Waals surface area contributed by atoms with Crippen LogP contribution in [-0.2, 0) is 20.9 Å². The molecule has 1 aliphatic carbocycles. The van der Waals surface area contributed by atoms with Gasteiger partial charge in [0.05, 0.1) is 5.92 Å². The highest BCUT2D eigenvalue weighted by atomic mass is 16.5. The molecule has 0 fully saturated rings. The van der Waals surface area contributed by atoms with E-state index in [1.165, 1.54) is 0 Å². The third kappa shape index (κ3) is 4.73. The summed E-state index contributed by atoms with van der Waals surface area (Å²) in [5.74, 6) is -1.04. The van der Waals surface area contributed by atoms with E-state index < -0.39 is 17.9 Å². The standard InChI is InChI=1S/C27H28N2O3/c28-17-9-8-16-24(27(31)32-18-19-10-2-1-3-11-19)29-26(30)25-22-14-6-4-12-20(22)21-13-5-7-15-23(21)25/h1-7,10-15,24-25H,8-9,16-18,28H2,(H,29,30). The Bertz CT molecular complexity index is 1040. The molecule has 0 saturated heterocycles. The van der Waals surface area contributed by atoms with E-state index in [-0.39, 0.29) is 12.5 Å². The molecule has 0 aromatic heterocycles. The van der Waals surface area contributed by atoms with Crippen molar-refractivity contribution in [1.82, 2.24) is 5.32 Å². The van der Waals surface area contributed by atoms with Gasteiger partial charge < -0.3 is 15.8 Å². The fraction of sp³-hybridized carbons (Fsp3) is 0.259. The minimum Gasteiger partial charge on any atom is -0.459 e. The summed E-state index contributed by atoms with van der Waals surface area (Å²) in [6, 6.07) is 24.7. The van der Waals surface area contributed by atoms with Crippen molar-refractivity contribution in [1.29, 1.82) is 0 Å². The number of carbonyl (C=O) groups excluding carboxylic acids is 2. The van der Waals surface area contributed by atoms with Crippen LogP contribution in [0.3, 0.4) is 0 Å². The van der Waals surface area contributed by atoms with Crippen LogP contribution in [0.2, 0.25) is 0 Å². The largest absolute Gasteiger partial charge is 0.459 e. The minimum atomic E-state index is -0.710. The molecular formula is C27H28N2O3. The first-order valence-electron chi connectivity index (χ1n) is 11.1. The molecule has 0 radical (unpaired) electrons. The fourth-order valence-corrected chi connectivity index (χ4v) is 4.26. The summed E-state index contributed by atoms with van der Waals surface area (Å²) in [7, 11) is 0. The van der Waals surface area contributed by atoms with E-state index in [1.54, 1.807) is 0 Å². The average molecular weight is 429 g/mol. The number of rotatable bonds is 9. The van der Waals surface area contributed by atoms with E-state index >= 15 is 0 Å². The summed E-state index contributed by atoms with van der Waals surface area (Å²) < 4.78 is 5.54. The Morgan fingerprint density at radius 1 is 0.844 bits per heavy atom. The Balaban J connectivity index is 1.51. The predicted molar refractivity (Wildman–Crippen MR) is 125 cm³/mol. The van der Waals surface area contributed by atoms with Crippen LogP contribution >= 0.6 is 0 Å². The monoisotopic (exact) mass is 428 g/mol. The summed E-state index contributed by atoms with van der Waals surface area (Å²) in [5, 5.41) is 2.98. The van der Waals surface area contributed by atoms with Crippen LogP contribution in [0.15, 0.2) is 78.9 Å². The number of amides is 1. The predicted octanol–water partition coefficient (Wildman–Crippen LogP) is 4.16. The second-order valence-corrected chi connectivity index (χ2v) is 8.05. The third-order valence-corrected chi connectivity index (χ3v) is 5.87. The number of hydrogen-bond acceptors (Lipinski definition) is 4. The number of nitrogens with two attached hydrogens (primary N) is 1. The molecule has 0 bridgehead atoms. The van der Waals surface area contributed by atoms with Gasteiger partial charge in [0.2, 0.25) is 5.91 Å². The molecule has 5 nitrogen and oxygen atoms in total. The van der Waals surface area contributed by atoms with Crippen LogP contribution in [0.1, 0.15) is 41.9 Å². The molecule has 3 aromatic rings. The Hall–Kier alpha value is -3.44. The Labute approximate surface area is 188 Å². The van der Waals surface area contributed by atoms with E-state index in [4.69, 9.17) is 10.5 Å². The van der Waals surface area contributed by atoms with Gasteiger partial charge in [0.1, 0.15) is 12.6 Å². The maximum Gasteiger partial charge on any atom is 0.328 e.